The van der Waals surface area contributed by atoms with Gasteiger partial charge < -0.3 is 22.6 Å². The predicted octanol–water partition coefficient (Wildman–Crippen LogP) is -4.41. The van der Waals surface area contributed by atoms with Crippen LogP contribution < -0.4 is 12.4 Å². The fourth-order valence-electron chi connectivity index (χ4n) is 0. The van der Waals surface area contributed by atoms with Crippen molar-refractivity contribution in [3.05, 3.63) is 0 Å². The summed E-state index contributed by atoms with van der Waals surface area (Å²) >= 11 is 0. The molecule has 0 aromatic rings. The van der Waals surface area contributed by atoms with Gasteiger partial charge in [0.2, 0.25) is 0 Å². The predicted molar refractivity (Wildman–Crippen MR) is 19.9 cm³/mol. The van der Waals surface area contributed by atoms with Crippen molar-refractivity contribution in [3.63, 3.8) is 0 Å². The molecule has 4 heteroatoms. The molecule has 0 saturated heterocycles. The minimum absolute atomic E-state index is 0. The van der Waals surface area contributed by atoms with E-state index in [-0.39, 0.29) is 48.7 Å². The van der Waals surface area contributed by atoms with E-state index < -0.39 is 0 Å². The molecule has 0 bridgehead atoms. The van der Waals surface area contributed by atoms with E-state index in [0.29, 0.717) is 0 Å². The molecule has 0 aromatic heterocycles. The minimum Gasteiger partial charge on any atom is -1.00 e. The molecule has 0 aliphatic carbocycles. The van der Waals surface area contributed by atoms with Crippen LogP contribution in [0.25, 0.3) is 0 Å². The maximum absolute atomic E-state index is 7.62. The second kappa shape index (κ2) is 16.7. The van der Waals surface area contributed by atoms with Gasteiger partial charge in [-0.1, -0.05) is 0 Å². The third-order valence-electron chi connectivity index (χ3n) is 0.1000. The van der Waals surface area contributed by atoms with Gasteiger partial charge in [0, 0.05) is 0 Å². The molecule has 6 heavy (non-hydrogen) atoms. The van der Waals surface area contributed by atoms with Crippen LogP contribution in [0.4, 0.5) is 0 Å². The summed E-state index contributed by atoms with van der Waals surface area (Å²) in [4.78, 5) is 0. The van der Waals surface area contributed by atoms with Crippen molar-refractivity contribution >= 4 is 23.1 Å². The van der Waals surface area contributed by atoms with Gasteiger partial charge in [0.15, 0.2) is 0 Å². The van der Waals surface area contributed by atoms with Crippen molar-refractivity contribution in [1.82, 2.24) is 0 Å². The smallest absolute Gasteiger partial charge is 1.00 e. The Morgan fingerprint density at radius 2 is 1.17 bits per heavy atom. The third kappa shape index (κ3) is 20.1. The molecule has 0 saturated carbocycles. The third-order valence-corrected chi connectivity index (χ3v) is 0.1000. The standard InChI is InChI=1S/C2H6O2.ClH.Mg/c3-1-2-4;;/h3-4H,1-2H2;1H;/q;;+2/p-1. The zero-order chi connectivity index (χ0) is 3.41. The normalized spacial score (nSPS) is 5.00. The van der Waals surface area contributed by atoms with Gasteiger partial charge in [-0.15, -0.1) is 0 Å². The second-order valence-electron chi connectivity index (χ2n) is 0.447. The van der Waals surface area contributed by atoms with E-state index in [0.717, 1.165) is 0 Å². The summed E-state index contributed by atoms with van der Waals surface area (Å²) in [7, 11) is 0. The molecule has 0 amide bonds. The molecular weight excluding hydrogens is 116 g/mol. The van der Waals surface area contributed by atoms with Crippen LogP contribution in [0.3, 0.4) is 0 Å². The van der Waals surface area contributed by atoms with Crippen LogP contribution >= 0.6 is 0 Å². The van der Waals surface area contributed by atoms with E-state index in [2.05, 4.69) is 0 Å². The minimum atomic E-state index is -0.125. The second-order valence-corrected chi connectivity index (χ2v) is 0.447. The number of halogens is 1. The summed E-state index contributed by atoms with van der Waals surface area (Å²) in [6, 6.07) is 0. The van der Waals surface area contributed by atoms with Crippen LogP contribution in [0, 0.1) is 0 Å². The zero-order valence-corrected chi connectivity index (χ0v) is 5.56. The van der Waals surface area contributed by atoms with Crippen molar-refractivity contribution < 1.29 is 22.6 Å². The average Bonchev–Trinajstić information content (AvgIpc) is 1.37. The SMILES string of the molecule is OCCO.[Cl-].[Mg+2]. The number of aliphatic hydroxyl groups is 2. The van der Waals surface area contributed by atoms with E-state index in [1.54, 1.807) is 0 Å². The Hall–Kier alpha value is 0.976. The van der Waals surface area contributed by atoms with Crippen LogP contribution in [0.5, 0.6) is 0 Å². The molecule has 0 heterocycles. The Morgan fingerprint density at radius 1 is 1.00 bits per heavy atom. The summed E-state index contributed by atoms with van der Waals surface area (Å²) in [5.41, 5.74) is 0. The van der Waals surface area contributed by atoms with Gasteiger partial charge in [-0.25, -0.2) is 0 Å². The molecule has 0 aliphatic rings. The fourth-order valence-corrected chi connectivity index (χ4v) is 0. The van der Waals surface area contributed by atoms with E-state index in [4.69, 9.17) is 10.2 Å². The van der Waals surface area contributed by atoms with Gasteiger partial charge in [-0.3, -0.25) is 0 Å². The van der Waals surface area contributed by atoms with Crippen molar-refractivity contribution in [2.75, 3.05) is 13.2 Å². The molecule has 2 N–H and O–H groups in total. The first-order valence-electron chi connectivity index (χ1n) is 1.13. The van der Waals surface area contributed by atoms with E-state index >= 15 is 0 Å². The number of rotatable bonds is 1. The molecular formula is C2H6ClMgO2+. The van der Waals surface area contributed by atoms with Gasteiger partial charge >= 0.3 is 23.1 Å². The van der Waals surface area contributed by atoms with E-state index in [1.807, 2.05) is 0 Å². The molecule has 0 fully saturated rings. The first kappa shape index (κ1) is 15.8. The Morgan fingerprint density at radius 3 is 1.17 bits per heavy atom. The van der Waals surface area contributed by atoms with Crippen LogP contribution in [-0.2, 0) is 0 Å². The van der Waals surface area contributed by atoms with E-state index in [9.17, 15) is 0 Å². The van der Waals surface area contributed by atoms with Crippen LogP contribution in [-0.4, -0.2) is 46.5 Å². The van der Waals surface area contributed by atoms with Crippen molar-refractivity contribution in [2.45, 2.75) is 0 Å². The van der Waals surface area contributed by atoms with Gasteiger partial charge in [0.05, 0.1) is 13.2 Å². The Balaban J connectivity index is -0.0000000450. The fraction of sp³-hybridized carbons (Fsp3) is 1.00. The summed E-state index contributed by atoms with van der Waals surface area (Å²) in [5.74, 6) is 0. The summed E-state index contributed by atoms with van der Waals surface area (Å²) in [5, 5.41) is 15.2. The molecule has 0 aromatic carbocycles. The largest absolute Gasteiger partial charge is 2.00 e. The molecule has 0 atom stereocenters. The average molecular weight is 122 g/mol. The van der Waals surface area contributed by atoms with Gasteiger partial charge in [0.25, 0.3) is 0 Å². The maximum Gasteiger partial charge on any atom is 2.00 e. The first-order valence-corrected chi connectivity index (χ1v) is 1.13. The van der Waals surface area contributed by atoms with Crippen LogP contribution in [0.15, 0.2) is 0 Å². The number of aliphatic hydroxyl groups excluding tert-OH is 2. The zero-order valence-electron chi connectivity index (χ0n) is 3.39. The number of hydrogen-bond donors (Lipinski definition) is 2. The van der Waals surface area contributed by atoms with Crippen LogP contribution in [0.2, 0.25) is 0 Å². The molecule has 0 radical (unpaired) electrons. The van der Waals surface area contributed by atoms with Crippen molar-refractivity contribution in [1.29, 1.82) is 0 Å². The monoisotopic (exact) mass is 121 g/mol. The Kier molecular flexibility index (Phi) is 43.9. The van der Waals surface area contributed by atoms with Gasteiger partial charge in [-0.2, -0.15) is 0 Å². The molecule has 0 spiro atoms. The maximum atomic E-state index is 7.62. The summed E-state index contributed by atoms with van der Waals surface area (Å²) in [6.07, 6.45) is 0. The van der Waals surface area contributed by atoms with Crippen molar-refractivity contribution in [2.24, 2.45) is 0 Å². The summed E-state index contributed by atoms with van der Waals surface area (Å²) < 4.78 is 0. The molecule has 2 nitrogen and oxygen atoms in total. The Labute approximate surface area is 59.1 Å². The van der Waals surface area contributed by atoms with E-state index in [1.165, 1.54) is 0 Å². The van der Waals surface area contributed by atoms with Crippen LogP contribution in [0.1, 0.15) is 0 Å². The number of hydrogen-bond acceptors (Lipinski definition) is 2. The van der Waals surface area contributed by atoms with Gasteiger partial charge in [0.1, 0.15) is 0 Å². The van der Waals surface area contributed by atoms with Gasteiger partial charge in [-0.05, 0) is 0 Å². The molecule has 0 aliphatic heterocycles. The summed E-state index contributed by atoms with van der Waals surface area (Å²) in [6.45, 7) is -0.250. The Bertz CT molecular complexity index is 13.5. The molecule has 34 valence electrons. The molecule has 0 rings (SSSR count). The first-order chi connectivity index (χ1) is 1.91. The van der Waals surface area contributed by atoms with Crippen molar-refractivity contribution in [3.8, 4) is 0 Å². The quantitative estimate of drug-likeness (QED) is 0.344. The topological polar surface area (TPSA) is 40.5 Å². The molecule has 0 unspecified atom stereocenters.